The fourth-order valence-electron chi connectivity index (χ4n) is 2.90. The first-order valence-electron chi connectivity index (χ1n) is 8.57. The Hall–Kier alpha value is -2.89. The van der Waals surface area contributed by atoms with E-state index in [1.54, 1.807) is 20.3 Å². The molecule has 2 aromatic rings. The average molecular weight is 357 g/mol. The monoisotopic (exact) mass is 357 g/mol. The van der Waals surface area contributed by atoms with Gasteiger partial charge in [-0.1, -0.05) is 25.1 Å². The molecule has 6 heteroatoms. The van der Waals surface area contributed by atoms with Crippen molar-refractivity contribution < 1.29 is 23.7 Å². The first-order chi connectivity index (χ1) is 12.7. The molecule has 0 aromatic heterocycles. The SMILES string of the molecule is CC[C@H](NC(=O)[C@@H]1COc2ccccc2O1)c1ccc(OC)c(OC)c1. The normalized spacial score (nSPS) is 16.5. The van der Waals surface area contributed by atoms with Gasteiger partial charge in [0.2, 0.25) is 6.10 Å². The Balaban J connectivity index is 1.71. The smallest absolute Gasteiger partial charge is 0.265 e. The van der Waals surface area contributed by atoms with Crippen molar-refractivity contribution in [1.29, 1.82) is 0 Å². The Morgan fingerprint density at radius 1 is 1.15 bits per heavy atom. The highest BCUT2D eigenvalue weighted by molar-refractivity contribution is 5.82. The molecule has 1 aliphatic rings. The lowest BCUT2D eigenvalue weighted by atomic mass is 10.0. The molecule has 0 saturated carbocycles. The Kier molecular flexibility index (Phi) is 5.51. The largest absolute Gasteiger partial charge is 0.493 e. The Bertz CT molecular complexity index is 777. The fourth-order valence-corrected chi connectivity index (χ4v) is 2.90. The van der Waals surface area contributed by atoms with Crippen molar-refractivity contribution in [2.45, 2.75) is 25.5 Å². The van der Waals surface area contributed by atoms with Crippen LogP contribution >= 0.6 is 0 Å². The van der Waals surface area contributed by atoms with Crippen LogP contribution < -0.4 is 24.3 Å². The summed E-state index contributed by atoms with van der Waals surface area (Å²) in [4.78, 5) is 12.7. The van der Waals surface area contributed by atoms with Crippen LogP contribution in [0.5, 0.6) is 23.0 Å². The van der Waals surface area contributed by atoms with E-state index >= 15 is 0 Å². The van der Waals surface area contributed by atoms with Crippen molar-refractivity contribution in [2.24, 2.45) is 0 Å². The molecule has 0 aliphatic carbocycles. The van der Waals surface area contributed by atoms with Gasteiger partial charge in [-0.3, -0.25) is 4.79 Å². The standard InChI is InChI=1S/C20H23NO5/c1-4-14(13-9-10-15(23-2)18(11-13)24-3)21-20(22)19-12-25-16-7-5-6-8-17(16)26-19/h5-11,14,19H,4,12H2,1-3H3,(H,21,22)/t14-,19-/m0/s1. The third-order valence-corrected chi connectivity index (χ3v) is 4.34. The lowest BCUT2D eigenvalue weighted by Crippen LogP contribution is -2.45. The maximum Gasteiger partial charge on any atom is 0.265 e. The summed E-state index contributed by atoms with van der Waals surface area (Å²) in [5.41, 5.74) is 0.940. The number of carbonyl (C=O) groups is 1. The van der Waals surface area contributed by atoms with Crippen LogP contribution in [0.1, 0.15) is 24.9 Å². The third kappa shape index (κ3) is 3.69. The second kappa shape index (κ2) is 7.99. The molecule has 2 atom stereocenters. The summed E-state index contributed by atoms with van der Waals surface area (Å²) in [5.74, 6) is 2.31. The molecule has 0 fully saturated rings. The lowest BCUT2D eigenvalue weighted by molar-refractivity contribution is -0.131. The van der Waals surface area contributed by atoms with Crippen molar-refractivity contribution in [3.63, 3.8) is 0 Å². The van der Waals surface area contributed by atoms with E-state index in [9.17, 15) is 4.79 Å². The van der Waals surface area contributed by atoms with Gasteiger partial charge in [0, 0.05) is 0 Å². The molecule has 3 rings (SSSR count). The molecule has 138 valence electrons. The summed E-state index contributed by atoms with van der Waals surface area (Å²) in [6.45, 7) is 2.19. The molecule has 0 saturated heterocycles. The average Bonchev–Trinajstić information content (AvgIpc) is 2.70. The van der Waals surface area contributed by atoms with Gasteiger partial charge in [-0.05, 0) is 36.2 Å². The lowest BCUT2D eigenvalue weighted by Gasteiger charge is -2.27. The molecule has 0 radical (unpaired) electrons. The van der Waals surface area contributed by atoms with Crippen LogP contribution in [0.2, 0.25) is 0 Å². The number of ether oxygens (including phenoxy) is 4. The fraction of sp³-hybridized carbons (Fsp3) is 0.350. The predicted molar refractivity (Wildman–Crippen MR) is 97.1 cm³/mol. The van der Waals surface area contributed by atoms with Gasteiger partial charge in [0.15, 0.2) is 23.0 Å². The van der Waals surface area contributed by atoms with E-state index in [1.165, 1.54) is 0 Å². The number of methoxy groups -OCH3 is 2. The molecule has 26 heavy (non-hydrogen) atoms. The minimum atomic E-state index is -0.681. The molecular weight excluding hydrogens is 334 g/mol. The summed E-state index contributed by atoms with van der Waals surface area (Å²) in [5, 5.41) is 3.03. The van der Waals surface area contributed by atoms with Crippen LogP contribution in [-0.2, 0) is 4.79 Å². The number of rotatable bonds is 6. The molecule has 0 spiro atoms. The van der Waals surface area contributed by atoms with E-state index in [4.69, 9.17) is 18.9 Å². The van der Waals surface area contributed by atoms with Gasteiger partial charge in [-0.25, -0.2) is 0 Å². The van der Waals surface area contributed by atoms with E-state index in [0.29, 0.717) is 23.0 Å². The number of fused-ring (bicyclic) bond motifs is 1. The number of amides is 1. The summed E-state index contributed by atoms with van der Waals surface area (Å²) in [7, 11) is 3.18. The predicted octanol–water partition coefficient (Wildman–Crippen LogP) is 3.11. The first-order valence-corrected chi connectivity index (χ1v) is 8.57. The van der Waals surface area contributed by atoms with Gasteiger partial charge >= 0.3 is 0 Å². The second-order valence-electron chi connectivity index (χ2n) is 5.95. The Labute approximate surface area is 153 Å². The highest BCUT2D eigenvalue weighted by Gasteiger charge is 2.29. The molecule has 0 unspecified atom stereocenters. The molecule has 1 amide bonds. The number of hydrogen-bond donors (Lipinski definition) is 1. The van der Waals surface area contributed by atoms with E-state index in [-0.39, 0.29) is 18.6 Å². The molecule has 2 aromatic carbocycles. The Morgan fingerprint density at radius 3 is 2.58 bits per heavy atom. The number of carbonyl (C=O) groups excluding carboxylic acids is 1. The van der Waals surface area contributed by atoms with Crippen molar-refractivity contribution >= 4 is 5.91 Å². The van der Waals surface area contributed by atoms with Gasteiger partial charge in [0.25, 0.3) is 5.91 Å². The number of nitrogens with one attached hydrogen (secondary N) is 1. The van der Waals surface area contributed by atoms with Gasteiger partial charge in [-0.2, -0.15) is 0 Å². The molecule has 1 aliphatic heterocycles. The first kappa shape index (κ1) is 17.9. The van der Waals surface area contributed by atoms with Gasteiger partial charge in [-0.15, -0.1) is 0 Å². The van der Waals surface area contributed by atoms with Crippen LogP contribution in [-0.4, -0.2) is 32.8 Å². The van der Waals surface area contributed by atoms with Gasteiger partial charge < -0.3 is 24.3 Å². The summed E-state index contributed by atoms with van der Waals surface area (Å²) < 4.78 is 22.0. The minimum Gasteiger partial charge on any atom is -0.493 e. The van der Waals surface area contributed by atoms with E-state index in [0.717, 1.165) is 12.0 Å². The maximum absolute atomic E-state index is 12.7. The molecule has 1 N–H and O–H groups in total. The van der Waals surface area contributed by atoms with Crippen LogP contribution in [0.25, 0.3) is 0 Å². The molecular formula is C20H23NO5. The van der Waals surface area contributed by atoms with E-state index in [2.05, 4.69) is 5.32 Å². The highest BCUT2D eigenvalue weighted by atomic mass is 16.6. The second-order valence-corrected chi connectivity index (χ2v) is 5.95. The molecule has 1 heterocycles. The van der Waals surface area contributed by atoms with Crippen LogP contribution in [0.3, 0.4) is 0 Å². The van der Waals surface area contributed by atoms with E-state index < -0.39 is 6.10 Å². The zero-order chi connectivity index (χ0) is 18.5. The van der Waals surface area contributed by atoms with Crippen LogP contribution in [0.4, 0.5) is 0 Å². The minimum absolute atomic E-state index is 0.164. The zero-order valence-electron chi connectivity index (χ0n) is 15.2. The summed E-state index contributed by atoms with van der Waals surface area (Å²) >= 11 is 0. The van der Waals surface area contributed by atoms with Crippen molar-refractivity contribution in [1.82, 2.24) is 5.32 Å². The highest BCUT2D eigenvalue weighted by Crippen LogP contribution is 2.32. The van der Waals surface area contributed by atoms with Crippen molar-refractivity contribution in [3.05, 3.63) is 48.0 Å². The Morgan fingerprint density at radius 2 is 1.88 bits per heavy atom. The van der Waals surface area contributed by atoms with E-state index in [1.807, 2.05) is 43.3 Å². The number of hydrogen-bond acceptors (Lipinski definition) is 5. The quantitative estimate of drug-likeness (QED) is 0.860. The van der Waals surface area contributed by atoms with Gasteiger partial charge in [0.05, 0.1) is 20.3 Å². The number of benzene rings is 2. The third-order valence-electron chi connectivity index (χ3n) is 4.34. The van der Waals surface area contributed by atoms with Crippen molar-refractivity contribution in [2.75, 3.05) is 20.8 Å². The van der Waals surface area contributed by atoms with Crippen LogP contribution in [0, 0.1) is 0 Å². The van der Waals surface area contributed by atoms with Gasteiger partial charge in [0.1, 0.15) is 6.61 Å². The molecule has 6 nitrogen and oxygen atoms in total. The van der Waals surface area contributed by atoms with Crippen molar-refractivity contribution in [3.8, 4) is 23.0 Å². The zero-order valence-corrected chi connectivity index (χ0v) is 15.2. The summed E-state index contributed by atoms with van der Waals surface area (Å²) in [6.07, 6.45) is 0.0462. The summed E-state index contributed by atoms with van der Waals surface area (Å²) in [6, 6.07) is 12.8. The maximum atomic E-state index is 12.7. The topological polar surface area (TPSA) is 66.0 Å². The number of para-hydroxylation sites is 2. The van der Waals surface area contributed by atoms with Crippen LogP contribution in [0.15, 0.2) is 42.5 Å². The molecule has 0 bridgehead atoms.